The number of halogens is 1. The smallest absolute Gasteiger partial charge is 0.141 e. The van der Waals surface area contributed by atoms with Crippen molar-refractivity contribution in [3.8, 4) is 0 Å². The highest BCUT2D eigenvalue weighted by Gasteiger charge is 2.15. The summed E-state index contributed by atoms with van der Waals surface area (Å²) in [4.78, 5) is 8.26. The van der Waals surface area contributed by atoms with Gasteiger partial charge in [0.05, 0.1) is 18.1 Å². The lowest BCUT2D eigenvalue weighted by atomic mass is 9.93. The maximum atomic E-state index is 6.31. The Balaban J connectivity index is 2.54. The average Bonchev–Trinajstić information content (AvgIpc) is 2.38. The van der Waals surface area contributed by atoms with Crippen LogP contribution in [0.4, 0.5) is 5.82 Å². The Morgan fingerprint density at radius 1 is 1.30 bits per heavy atom. The van der Waals surface area contributed by atoms with Crippen LogP contribution in [0.2, 0.25) is 5.02 Å². The second-order valence-corrected chi connectivity index (χ2v) is 5.14. The third kappa shape index (κ3) is 2.66. The van der Waals surface area contributed by atoms with Crippen molar-refractivity contribution < 1.29 is 0 Å². The summed E-state index contributed by atoms with van der Waals surface area (Å²) in [6.07, 6.45) is 3.09. The van der Waals surface area contributed by atoms with Crippen LogP contribution >= 0.6 is 11.6 Å². The van der Waals surface area contributed by atoms with E-state index in [2.05, 4.69) is 16.5 Å². The fraction of sp³-hybridized carbons (Fsp3) is 0.200. The van der Waals surface area contributed by atoms with E-state index in [-0.39, 0.29) is 6.04 Å². The van der Waals surface area contributed by atoms with Gasteiger partial charge in [-0.15, -0.1) is 0 Å². The Morgan fingerprint density at radius 3 is 2.55 bits per heavy atom. The van der Waals surface area contributed by atoms with Crippen molar-refractivity contribution in [1.29, 1.82) is 0 Å². The van der Waals surface area contributed by atoms with Gasteiger partial charge in [0.25, 0.3) is 0 Å². The van der Waals surface area contributed by atoms with E-state index in [1.165, 1.54) is 6.20 Å². The number of nitrogens with two attached hydrogens (primary N) is 2. The first kappa shape index (κ1) is 14.5. The van der Waals surface area contributed by atoms with Gasteiger partial charge in [0, 0.05) is 22.2 Å². The van der Waals surface area contributed by atoms with Crippen molar-refractivity contribution in [1.82, 2.24) is 9.97 Å². The Kier molecular flexibility index (Phi) is 4.06. The predicted molar refractivity (Wildman–Crippen MR) is 83.4 cm³/mol. The van der Waals surface area contributed by atoms with Gasteiger partial charge in [-0.1, -0.05) is 24.2 Å². The van der Waals surface area contributed by atoms with Crippen molar-refractivity contribution in [2.45, 2.75) is 19.9 Å². The van der Waals surface area contributed by atoms with Crippen molar-refractivity contribution in [2.75, 3.05) is 5.73 Å². The Hall–Kier alpha value is -1.91. The third-order valence-electron chi connectivity index (χ3n) is 3.23. The molecule has 0 saturated heterocycles. The summed E-state index contributed by atoms with van der Waals surface area (Å²) in [5.41, 5.74) is 15.8. The van der Waals surface area contributed by atoms with Gasteiger partial charge < -0.3 is 11.5 Å². The molecule has 0 bridgehead atoms. The number of benzene rings is 1. The minimum absolute atomic E-state index is 0.0729. The number of anilines is 1. The van der Waals surface area contributed by atoms with Crippen LogP contribution < -0.4 is 11.5 Å². The molecule has 4 N–H and O–H groups in total. The highest BCUT2D eigenvalue weighted by atomic mass is 35.5. The van der Waals surface area contributed by atoms with Crippen molar-refractivity contribution in [3.05, 3.63) is 58.5 Å². The molecule has 0 fully saturated rings. The molecule has 1 aromatic carbocycles. The van der Waals surface area contributed by atoms with Gasteiger partial charge in [-0.2, -0.15) is 0 Å². The molecule has 2 aromatic rings. The second kappa shape index (κ2) is 5.61. The molecule has 0 spiro atoms. The average molecular weight is 289 g/mol. The van der Waals surface area contributed by atoms with Crippen LogP contribution in [-0.2, 0) is 0 Å². The fourth-order valence-corrected chi connectivity index (χ4v) is 2.50. The van der Waals surface area contributed by atoms with Gasteiger partial charge in [0.2, 0.25) is 0 Å². The van der Waals surface area contributed by atoms with Gasteiger partial charge in [-0.3, -0.25) is 4.98 Å². The quantitative estimate of drug-likeness (QED) is 0.910. The Labute approximate surface area is 123 Å². The Bertz CT molecular complexity index is 648. The maximum Gasteiger partial charge on any atom is 0.141 e. The molecule has 5 heteroatoms. The molecular formula is C15H17ClN4. The highest BCUT2D eigenvalue weighted by molar-refractivity contribution is 6.32. The van der Waals surface area contributed by atoms with Crippen LogP contribution in [0.15, 0.2) is 31.1 Å². The molecule has 1 heterocycles. The summed E-state index contributed by atoms with van der Waals surface area (Å²) < 4.78 is 0. The fourth-order valence-electron chi connectivity index (χ4n) is 2.18. The molecule has 104 valence electrons. The molecule has 1 aromatic heterocycles. The molecule has 2 rings (SSSR count). The van der Waals surface area contributed by atoms with Gasteiger partial charge in [-0.05, 0) is 31.0 Å². The van der Waals surface area contributed by atoms with Gasteiger partial charge in [0.15, 0.2) is 0 Å². The first-order valence-electron chi connectivity index (χ1n) is 6.23. The summed E-state index contributed by atoms with van der Waals surface area (Å²) in [6.45, 7) is 8.00. The lowest BCUT2D eigenvalue weighted by Gasteiger charge is -2.17. The molecule has 1 atom stereocenters. The third-order valence-corrected chi connectivity index (χ3v) is 3.54. The van der Waals surface area contributed by atoms with Crippen LogP contribution in [0.25, 0.3) is 5.57 Å². The molecule has 0 aliphatic carbocycles. The number of nitrogens with zero attached hydrogens (tertiary/aromatic N) is 2. The number of hydrogen-bond acceptors (Lipinski definition) is 4. The van der Waals surface area contributed by atoms with E-state index in [9.17, 15) is 0 Å². The zero-order valence-electron chi connectivity index (χ0n) is 11.5. The van der Waals surface area contributed by atoms with E-state index in [1.807, 2.05) is 26.0 Å². The molecule has 0 radical (unpaired) electrons. The van der Waals surface area contributed by atoms with Gasteiger partial charge in [0.1, 0.15) is 5.82 Å². The summed E-state index contributed by atoms with van der Waals surface area (Å²) >= 11 is 6.31. The van der Waals surface area contributed by atoms with Crippen molar-refractivity contribution >= 4 is 23.0 Å². The first-order valence-corrected chi connectivity index (χ1v) is 6.61. The van der Waals surface area contributed by atoms with E-state index < -0.39 is 0 Å². The molecule has 1 unspecified atom stereocenters. The Morgan fingerprint density at radius 2 is 2.00 bits per heavy atom. The lowest BCUT2D eigenvalue weighted by molar-refractivity contribution is 0.809. The van der Waals surface area contributed by atoms with Gasteiger partial charge in [-0.25, -0.2) is 4.98 Å². The molecule has 0 aliphatic heterocycles. The lowest BCUT2D eigenvalue weighted by Crippen LogP contribution is -2.09. The molecule has 0 aliphatic rings. The maximum absolute atomic E-state index is 6.31. The van der Waals surface area contributed by atoms with E-state index in [0.717, 1.165) is 16.7 Å². The summed E-state index contributed by atoms with van der Waals surface area (Å²) in [7, 11) is 0. The molecule has 4 nitrogen and oxygen atoms in total. The molecule has 0 saturated carbocycles. The number of rotatable bonds is 3. The standard InChI is InChI=1S/C15H17ClN4/c1-8-11(10(3)17)4-5-12(16)15(8)9(2)13-6-20-14(18)7-19-13/h4-7,10H,2,17H2,1,3H3,(H2,18,20). The number of hydrogen-bond donors (Lipinski definition) is 2. The first-order chi connectivity index (χ1) is 9.41. The molecule has 20 heavy (non-hydrogen) atoms. The molecule has 0 amide bonds. The molecular weight excluding hydrogens is 272 g/mol. The predicted octanol–water partition coefficient (Wildman–Crippen LogP) is 3.10. The summed E-state index contributed by atoms with van der Waals surface area (Å²) in [5, 5.41) is 0.621. The van der Waals surface area contributed by atoms with Crippen LogP contribution in [0.5, 0.6) is 0 Å². The SMILES string of the molecule is C=C(c1cnc(N)cn1)c1c(Cl)ccc(C(C)N)c1C. The van der Waals surface area contributed by atoms with E-state index in [0.29, 0.717) is 22.1 Å². The minimum Gasteiger partial charge on any atom is -0.382 e. The van der Waals surface area contributed by atoms with Crippen molar-refractivity contribution in [3.63, 3.8) is 0 Å². The van der Waals surface area contributed by atoms with E-state index >= 15 is 0 Å². The van der Waals surface area contributed by atoms with Crippen LogP contribution in [0, 0.1) is 6.92 Å². The van der Waals surface area contributed by atoms with Crippen LogP contribution in [0.3, 0.4) is 0 Å². The largest absolute Gasteiger partial charge is 0.382 e. The van der Waals surface area contributed by atoms with Gasteiger partial charge >= 0.3 is 0 Å². The van der Waals surface area contributed by atoms with E-state index in [4.69, 9.17) is 23.1 Å². The van der Waals surface area contributed by atoms with Crippen molar-refractivity contribution in [2.24, 2.45) is 5.73 Å². The van der Waals surface area contributed by atoms with Crippen LogP contribution in [-0.4, -0.2) is 9.97 Å². The highest BCUT2D eigenvalue weighted by Crippen LogP contribution is 2.33. The summed E-state index contributed by atoms with van der Waals surface area (Å²) in [6, 6.07) is 3.70. The van der Waals surface area contributed by atoms with Crippen LogP contribution in [0.1, 0.15) is 35.3 Å². The number of nitrogen functional groups attached to an aromatic ring is 1. The summed E-state index contributed by atoms with van der Waals surface area (Å²) in [5.74, 6) is 0.369. The minimum atomic E-state index is -0.0729. The number of aromatic nitrogens is 2. The normalized spacial score (nSPS) is 12.2. The topological polar surface area (TPSA) is 77.8 Å². The zero-order valence-corrected chi connectivity index (χ0v) is 12.3. The monoisotopic (exact) mass is 288 g/mol. The van der Waals surface area contributed by atoms with E-state index in [1.54, 1.807) is 6.20 Å². The zero-order chi connectivity index (χ0) is 14.9. The second-order valence-electron chi connectivity index (χ2n) is 4.73.